The molecule has 0 aliphatic carbocycles. The Morgan fingerprint density at radius 1 is 1.19 bits per heavy atom. The molecule has 1 amide bonds. The van der Waals surface area contributed by atoms with Gasteiger partial charge in [0.25, 0.3) is 5.91 Å². The molecular formula is C20H27F3N2O6. The Hall–Kier alpha value is -2.53. The molecule has 31 heavy (non-hydrogen) atoms. The van der Waals surface area contributed by atoms with Crippen LogP contribution in [-0.4, -0.2) is 92.6 Å². The quantitative estimate of drug-likeness (QED) is 0.711. The SMILES string of the molecule is COCC1CN(C)C2(C1)CN(C(=O)COc1ccccc1OC)C2.O=C(O)C(F)(F)F. The summed E-state index contributed by atoms with van der Waals surface area (Å²) in [6.07, 6.45) is -3.99. The van der Waals surface area contributed by atoms with E-state index in [-0.39, 0.29) is 18.1 Å². The molecule has 3 rings (SSSR count). The van der Waals surface area contributed by atoms with Crippen molar-refractivity contribution < 1.29 is 42.1 Å². The predicted molar refractivity (Wildman–Crippen MR) is 104 cm³/mol. The molecule has 1 aromatic carbocycles. The topological polar surface area (TPSA) is 88.5 Å². The fourth-order valence-electron chi connectivity index (χ4n) is 3.87. The molecule has 0 radical (unpaired) electrons. The summed E-state index contributed by atoms with van der Waals surface area (Å²) in [5.74, 6) is -0.935. The monoisotopic (exact) mass is 448 g/mol. The third-order valence-electron chi connectivity index (χ3n) is 5.40. The van der Waals surface area contributed by atoms with Crippen LogP contribution in [0.15, 0.2) is 24.3 Å². The Kier molecular flexibility index (Phi) is 8.13. The number of para-hydroxylation sites is 2. The van der Waals surface area contributed by atoms with Gasteiger partial charge in [0.1, 0.15) is 0 Å². The second-order valence-corrected chi connectivity index (χ2v) is 7.62. The molecule has 8 nitrogen and oxygen atoms in total. The number of halogens is 3. The highest BCUT2D eigenvalue weighted by Crippen LogP contribution is 2.39. The maximum absolute atomic E-state index is 12.4. The number of rotatable bonds is 6. The van der Waals surface area contributed by atoms with Crippen LogP contribution in [0.25, 0.3) is 0 Å². The van der Waals surface area contributed by atoms with Crippen molar-refractivity contribution in [1.82, 2.24) is 9.80 Å². The van der Waals surface area contributed by atoms with Crippen LogP contribution in [0.5, 0.6) is 11.5 Å². The van der Waals surface area contributed by atoms with Crippen molar-refractivity contribution in [2.45, 2.75) is 18.1 Å². The molecule has 2 fully saturated rings. The van der Waals surface area contributed by atoms with E-state index >= 15 is 0 Å². The van der Waals surface area contributed by atoms with Gasteiger partial charge in [-0.2, -0.15) is 13.2 Å². The summed E-state index contributed by atoms with van der Waals surface area (Å²) >= 11 is 0. The molecule has 1 atom stereocenters. The van der Waals surface area contributed by atoms with Crippen LogP contribution >= 0.6 is 0 Å². The summed E-state index contributed by atoms with van der Waals surface area (Å²) in [6, 6.07) is 7.37. The first-order valence-corrected chi connectivity index (χ1v) is 9.56. The number of methoxy groups -OCH3 is 2. The molecule has 0 bridgehead atoms. The van der Waals surface area contributed by atoms with Gasteiger partial charge in [-0.05, 0) is 31.5 Å². The van der Waals surface area contributed by atoms with E-state index in [1.165, 1.54) is 0 Å². The molecule has 174 valence electrons. The lowest BCUT2D eigenvalue weighted by Gasteiger charge is -2.51. The Bertz CT molecular complexity index is 768. The Morgan fingerprint density at radius 2 is 1.77 bits per heavy atom. The van der Waals surface area contributed by atoms with Gasteiger partial charge >= 0.3 is 12.1 Å². The molecule has 2 aliphatic rings. The maximum Gasteiger partial charge on any atom is 0.490 e. The van der Waals surface area contributed by atoms with Gasteiger partial charge in [0, 0.05) is 26.7 Å². The number of carbonyl (C=O) groups is 2. The van der Waals surface area contributed by atoms with Crippen molar-refractivity contribution in [2.75, 3.05) is 54.1 Å². The first kappa shape index (κ1) is 24.7. The van der Waals surface area contributed by atoms with Gasteiger partial charge in [-0.25, -0.2) is 4.79 Å². The van der Waals surface area contributed by atoms with Gasteiger partial charge in [-0.3, -0.25) is 9.69 Å². The second kappa shape index (κ2) is 10.2. The average Bonchev–Trinajstić information content (AvgIpc) is 3.01. The number of nitrogens with zero attached hydrogens (tertiary/aromatic N) is 2. The Morgan fingerprint density at radius 3 is 2.29 bits per heavy atom. The van der Waals surface area contributed by atoms with Crippen LogP contribution < -0.4 is 9.47 Å². The molecule has 0 aromatic heterocycles. The minimum absolute atomic E-state index is 0.0233. The number of likely N-dealkylation sites (N-methyl/N-ethyl adjacent to an activating group) is 1. The molecule has 2 aliphatic heterocycles. The van der Waals surface area contributed by atoms with Gasteiger partial charge in [-0.1, -0.05) is 12.1 Å². The molecule has 2 saturated heterocycles. The zero-order valence-electron chi connectivity index (χ0n) is 17.6. The Labute approximate surface area is 178 Å². The largest absolute Gasteiger partial charge is 0.493 e. The van der Waals surface area contributed by atoms with E-state index in [9.17, 15) is 18.0 Å². The fraction of sp³-hybridized carbons (Fsp3) is 0.600. The lowest BCUT2D eigenvalue weighted by Crippen LogP contribution is -2.68. The number of hydrogen-bond acceptors (Lipinski definition) is 6. The van der Waals surface area contributed by atoms with Crippen LogP contribution in [0, 0.1) is 5.92 Å². The number of carboxylic acid groups (broad SMARTS) is 1. The van der Waals surface area contributed by atoms with Crippen molar-refractivity contribution in [1.29, 1.82) is 0 Å². The number of benzene rings is 1. The number of hydrogen-bond donors (Lipinski definition) is 1. The van der Waals surface area contributed by atoms with Gasteiger partial charge in [0.2, 0.25) is 0 Å². The maximum atomic E-state index is 12.4. The molecule has 0 saturated carbocycles. The van der Waals surface area contributed by atoms with Gasteiger partial charge in [0.15, 0.2) is 18.1 Å². The van der Waals surface area contributed by atoms with Crippen LogP contribution in [0.2, 0.25) is 0 Å². The highest BCUT2D eigenvalue weighted by atomic mass is 19.4. The minimum Gasteiger partial charge on any atom is -0.493 e. The van der Waals surface area contributed by atoms with Gasteiger partial charge in [-0.15, -0.1) is 0 Å². The Balaban J connectivity index is 0.000000423. The van der Waals surface area contributed by atoms with Crippen molar-refractivity contribution in [3.8, 4) is 11.5 Å². The number of carbonyl (C=O) groups excluding carboxylic acids is 1. The molecule has 11 heteroatoms. The van der Waals surface area contributed by atoms with E-state index in [0.29, 0.717) is 17.4 Å². The number of amides is 1. The number of likely N-dealkylation sites (tertiary alicyclic amines) is 2. The number of ether oxygens (including phenoxy) is 3. The van der Waals surface area contributed by atoms with Crippen LogP contribution in [0.4, 0.5) is 13.2 Å². The lowest BCUT2D eigenvalue weighted by molar-refractivity contribution is -0.192. The number of carboxylic acids is 1. The summed E-state index contributed by atoms with van der Waals surface area (Å²) < 4.78 is 47.9. The molecule has 1 aromatic rings. The smallest absolute Gasteiger partial charge is 0.490 e. The molecular weight excluding hydrogens is 421 g/mol. The van der Waals surface area contributed by atoms with Crippen LogP contribution in [0.1, 0.15) is 6.42 Å². The highest BCUT2D eigenvalue weighted by Gasteiger charge is 2.53. The summed E-state index contributed by atoms with van der Waals surface area (Å²) in [6.45, 7) is 3.42. The van der Waals surface area contributed by atoms with E-state index < -0.39 is 12.1 Å². The molecule has 1 N–H and O–H groups in total. The molecule has 1 spiro atoms. The van der Waals surface area contributed by atoms with E-state index in [4.69, 9.17) is 24.1 Å². The van der Waals surface area contributed by atoms with Crippen molar-refractivity contribution in [2.24, 2.45) is 5.92 Å². The summed E-state index contributed by atoms with van der Waals surface area (Å²) in [5, 5.41) is 7.12. The number of alkyl halides is 3. The minimum atomic E-state index is -5.08. The fourth-order valence-corrected chi connectivity index (χ4v) is 3.87. The highest BCUT2D eigenvalue weighted by molar-refractivity contribution is 5.79. The number of aliphatic carboxylic acids is 1. The third kappa shape index (κ3) is 6.23. The van der Waals surface area contributed by atoms with E-state index in [1.807, 2.05) is 29.2 Å². The second-order valence-electron chi connectivity index (χ2n) is 7.62. The first-order chi connectivity index (χ1) is 14.5. The zero-order chi connectivity index (χ0) is 23.2. The van der Waals surface area contributed by atoms with Crippen molar-refractivity contribution in [3.63, 3.8) is 0 Å². The predicted octanol–water partition coefficient (Wildman–Crippen LogP) is 1.89. The lowest BCUT2D eigenvalue weighted by atomic mass is 9.84. The first-order valence-electron chi connectivity index (χ1n) is 9.56. The average molecular weight is 448 g/mol. The standard InChI is InChI=1S/C18H26N2O4.C2HF3O2/c1-19-9-14(10-22-2)8-18(19)12-20(13-18)17(21)11-24-16-7-5-4-6-15(16)23-3;3-2(4,5)1(6)7/h4-7,14H,8-13H2,1-3H3;(H,6,7). The van der Waals surface area contributed by atoms with E-state index in [0.717, 1.165) is 32.7 Å². The molecule has 1 unspecified atom stereocenters. The van der Waals surface area contributed by atoms with Crippen molar-refractivity contribution >= 4 is 11.9 Å². The normalized spacial score (nSPS) is 19.9. The van der Waals surface area contributed by atoms with E-state index in [1.54, 1.807) is 14.2 Å². The summed E-state index contributed by atoms with van der Waals surface area (Å²) in [4.78, 5) is 25.5. The van der Waals surface area contributed by atoms with Crippen LogP contribution in [0.3, 0.4) is 0 Å². The van der Waals surface area contributed by atoms with Crippen LogP contribution in [-0.2, 0) is 14.3 Å². The van der Waals surface area contributed by atoms with Crippen molar-refractivity contribution in [3.05, 3.63) is 24.3 Å². The van der Waals surface area contributed by atoms with E-state index in [2.05, 4.69) is 11.9 Å². The zero-order valence-corrected chi connectivity index (χ0v) is 17.6. The summed E-state index contributed by atoms with van der Waals surface area (Å²) in [7, 11) is 5.48. The van der Waals surface area contributed by atoms with Gasteiger partial charge < -0.3 is 24.2 Å². The summed E-state index contributed by atoms with van der Waals surface area (Å²) in [5.41, 5.74) is 0.128. The van der Waals surface area contributed by atoms with Gasteiger partial charge in [0.05, 0.1) is 19.3 Å². The molecule has 2 heterocycles. The third-order valence-corrected chi connectivity index (χ3v) is 5.40.